The van der Waals surface area contributed by atoms with Crippen LogP contribution in [0.1, 0.15) is 40.0 Å². The molecule has 1 saturated carbocycles. The third kappa shape index (κ3) is 4.88. The Morgan fingerprint density at radius 2 is 1.82 bits per heavy atom. The Labute approximate surface area is 197 Å². The van der Waals surface area contributed by atoms with Crippen LogP contribution in [0.15, 0.2) is 40.8 Å². The lowest BCUT2D eigenvalue weighted by Crippen LogP contribution is -2.52. The molecule has 1 amide bonds. The van der Waals surface area contributed by atoms with E-state index in [1.165, 1.54) is 40.6 Å². The topological polar surface area (TPSA) is 60.9 Å². The minimum absolute atomic E-state index is 0.124. The van der Waals surface area contributed by atoms with Gasteiger partial charge in [0.2, 0.25) is 15.9 Å². The molecule has 1 heterocycles. The summed E-state index contributed by atoms with van der Waals surface area (Å²) >= 11 is 0. The summed E-state index contributed by atoms with van der Waals surface area (Å²) in [6.45, 7) is 10.7. The van der Waals surface area contributed by atoms with Gasteiger partial charge in [-0.2, -0.15) is 4.31 Å². The van der Waals surface area contributed by atoms with Crippen LogP contribution in [-0.2, 0) is 14.8 Å². The van der Waals surface area contributed by atoms with Crippen LogP contribution in [0.4, 0.5) is 4.39 Å². The first-order valence-corrected chi connectivity index (χ1v) is 13.5. The molecule has 5 rings (SSSR count). The van der Waals surface area contributed by atoms with Crippen molar-refractivity contribution >= 4 is 15.9 Å². The van der Waals surface area contributed by atoms with Crippen LogP contribution >= 0.6 is 0 Å². The molecule has 2 unspecified atom stereocenters. The monoisotopic (exact) mass is 477 g/mol. The highest BCUT2D eigenvalue weighted by molar-refractivity contribution is 7.89. The van der Waals surface area contributed by atoms with Gasteiger partial charge in [-0.25, -0.2) is 12.8 Å². The molecule has 1 aliphatic heterocycles. The van der Waals surface area contributed by atoms with E-state index in [1.54, 1.807) is 0 Å². The van der Waals surface area contributed by atoms with Crippen molar-refractivity contribution in [1.29, 1.82) is 0 Å². The van der Waals surface area contributed by atoms with Crippen molar-refractivity contribution in [2.24, 2.45) is 17.3 Å². The first-order valence-electron chi connectivity index (χ1n) is 12.1. The maximum absolute atomic E-state index is 13.2. The van der Waals surface area contributed by atoms with E-state index >= 15 is 0 Å². The number of carbonyl (C=O) groups excluding carboxylic acids is 1. The zero-order valence-corrected chi connectivity index (χ0v) is 20.8. The molecule has 0 radical (unpaired) electrons. The van der Waals surface area contributed by atoms with Crippen molar-refractivity contribution in [1.82, 2.24) is 14.1 Å². The molecule has 2 bridgehead atoms. The SMILES string of the molecule is CCC(=O)N(CCN1CCN(S(=O)(=O)c2ccc(F)cc2)CC1)CC1=CCC2CC1C2(C)C. The van der Waals surface area contributed by atoms with Gasteiger partial charge in [0.1, 0.15) is 5.82 Å². The number of hydrogen-bond donors (Lipinski definition) is 0. The van der Waals surface area contributed by atoms with Gasteiger partial charge in [0.25, 0.3) is 0 Å². The minimum atomic E-state index is -3.61. The highest BCUT2D eigenvalue weighted by atomic mass is 32.2. The predicted octanol–water partition coefficient (Wildman–Crippen LogP) is 3.36. The minimum Gasteiger partial charge on any atom is -0.337 e. The Morgan fingerprint density at radius 1 is 1.15 bits per heavy atom. The summed E-state index contributed by atoms with van der Waals surface area (Å²) < 4.78 is 40.3. The van der Waals surface area contributed by atoms with Gasteiger partial charge in [-0.05, 0) is 54.4 Å². The van der Waals surface area contributed by atoms with Crippen LogP contribution in [0.25, 0.3) is 0 Å². The van der Waals surface area contributed by atoms with Crippen LogP contribution in [0, 0.1) is 23.1 Å². The lowest BCUT2D eigenvalue weighted by atomic mass is 9.49. The number of nitrogens with zero attached hydrogens (tertiary/aromatic N) is 3. The van der Waals surface area contributed by atoms with Crippen LogP contribution in [0.5, 0.6) is 0 Å². The maximum Gasteiger partial charge on any atom is 0.243 e. The summed E-state index contributed by atoms with van der Waals surface area (Å²) in [5, 5.41) is 0. The Morgan fingerprint density at radius 3 is 2.39 bits per heavy atom. The fourth-order valence-electron chi connectivity index (χ4n) is 5.60. The molecule has 3 aliphatic carbocycles. The first-order chi connectivity index (χ1) is 15.6. The molecule has 8 heteroatoms. The Hall–Kier alpha value is -1.77. The number of fused-ring (bicyclic) bond motifs is 1. The van der Waals surface area contributed by atoms with E-state index in [0.717, 1.165) is 18.9 Å². The number of sulfonamides is 1. The third-order valence-corrected chi connectivity index (χ3v) is 9.99. The summed E-state index contributed by atoms with van der Waals surface area (Å²) in [7, 11) is -3.61. The molecule has 0 spiro atoms. The Kier molecular flexibility index (Phi) is 6.99. The fourth-order valence-corrected chi connectivity index (χ4v) is 7.03. The molecule has 1 aromatic carbocycles. The molecule has 33 heavy (non-hydrogen) atoms. The molecule has 1 saturated heterocycles. The van der Waals surface area contributed by atoms with Crippen molar-refractivity contribution < 1.29 is 17.6 Å². The number of rotatable bonds is 8. The molecule has 1 aromatic rings. The molecular formula is C25H36FN3O3S. The molecule has 2 fully saturated rings. The summed E-state index contributed by atoms with van der Waals surface area (Å²) in [5.41, 5.74) is 1.76. The van der Waals surface area contributed by atoms with Crippen LogP contribution in [0.3, 0.4) is 0 Å². The van der Waals surface area contributed by atoms with Crippen molar-refractivity contribution in [2.75, 3.05) is 45.8 Å². The van der Waals surface area contributed by atoms with Gasteiger partial charge in [0.15, 0.2) is 0 Å². The zero-order chi connectivity index (χ0) is 23.8. The second-order valence-electron chi connectivity index (χ2n) is 10.2. The largest absolute Gasteiger partial charge is 0.337 e. The first kappa shape index (κ1) is 24.4. The summed E-state index contributed by atoms with van der Waals surface area (Å²) in [5.74, 6) is 1.09. The second kappa shape index (κ2) is 9.47. The van der Waals surface area contributed by atoms with Crippen LogP contribution in [-0.4, -0.2) is 74.2 Å². The number of carbonyl (C=O) groups is 1. The zero-order valence-electron chi connectivity index (χ0n) is 20.0. The number of piperazine rings is 1. The van der Waals surface area contributed by atoms with E-state index in [9.17, 15) is 17.6 Å². The smallest absolute Gasteiger partial charge is 0.243 e. The highest BCUT2D eigenvalue weighted by Gasteiger charge is 2.51. The lowest BCUT2D eigenvalue weighted by molar-refractivity contribution is -0.131. The predicted molar refractivity (Wildman–Crippen MR) is 127 cm³/mol. The molecule has 2 atom stereocenters. The molecule has 182 valence electrons. The lowest BCUT2D eigenvalue weighted by Gasteiger charge is -2.57. The fraction of sp³-hybridized carbons (Fsp3) is 0.640. The Bertz CT molecular complexity index is 998. The van der Waals surface area contributed by atoms with E-state index < -0.39 is 15.8 Å². The van der Waals surface area contributed by atoms with Gasteiger partial charge in [0, 0.05) is 52.2 Å². The van der Waals surface area contributed by atoms with E-state index in [4.69, 9.17) is 0 Å². The van der Waals surface area contributed by atoms with Crippen molar-refractivity contribution in [3.8, 4) is 0 Å². The van der Waals surface area contributed by atoms with E-state index in [-0.39, 0.29) is 10.8 Å². The van der Waals surface area contributed by atoms with Gasteiger partial charge in [-0.1, -0.05) is 32.4 Å². The van der Waals surface area contributed by atoms with Crippen LogP contribution in [0.2, 0.25) is 0 Å². The number of halogens is 1. The summed E-state index contributed by atoms with van der Waals surface area (Å²) in [6.07, 6.45) is 5.22. The highest BCUT2D eigenvalue weighted by Crippen LogP contribution is 2.59. The summed E-state index contributed by atoms with van der Waals surface area (Å²) in [6, 6.07) is 4.98. The molecule has 0 aromatic heterocycles. The number of hydrogen-bond acceptors (Lipinski definition) is 4. The normalized spacial score (nSPS) is 25.3. The van der Waals surface area contributed by atoms with Gasteiger partial charge >= 0.3 is 0 Å². The van der Waals surface area contributed by atoms with Crippen molar-refractivity contribution in [3.63, 3.8) is 0 Å². The van der Waals surface area contributed by atoms with Crippen LogP contribution < -0.4 is 0 Å². The van der Waals surface area contributed by atoms with Crippen molar-refractivity contribution in [3.05, 3.63) is 41.7 Å². The molecule has 4 aliphatic rings. The van der Waals surface area contributed by atoms with Gasteiger partial charge < -0.3 is 4.90 Å². The molecular weight excluding hydrogens is 441 g/mol. The van der Waals surface area contributed by atoms with E-state index in [0.29, 0.717) is 57.0 Å². The quantitative estimate of drug-likeness (QED) is 0.539. The molecule has 6 nitrogen and oxygen atoms in total. The second-order valence-corrected chi connectivity index (χ2v) is 12.1. The van der Waals surface area contributed by atoms with Gasteiger partial charge in [-0.3, -0.25) is 9.69 Å². The standard InChI is InChI=1S/C25H36FN3O3S/c1-4-24(30)28(18-19-5-6-20-17-23(19)25(20,2)3)14-11-27-12-15-29(16-13-27)33(31,32)22-9-7-21(26)8-10-22/h5,7-10,20,23H,4,6,11-18H2,1-3H3. The molecule has 0 N–H and O–H groups in total. The third-order valence-electron chi connectivity index (χ3n) is 8.08. The maximum atomic E-state index is 13.2. The van der Waals surface area contributed by atoms with Gasteiger partial charge in [0.05, 0.1) is 4.90 Å². The average molecular weight is 478 g/mol. The number of benzene rings is 1. The van der Waals surface area contributed by atoms with Gasteiger partial charge in [-0.15, -0.1) is 0 Å². The summed E-state index contributed by atoms with van der Waals surface area (Å²) in [4.78, 5) is 17.0. The number of amides is 1. The van der Waals surface area contributed by atoms with E-state index in [2.05, 4.69) is 24.8 Å². The van der Waals surface area contributed by atoms with Crippen molar-refractivity contribution in [2.45, 2.75) is 44.9 Å². The van der Waals surface area contributed by atoms with E-state index in [1.807, 2.05) is 11.8 Å². The Balaban J connectivity index is 1.31. The number of allylic oxidation sites excluding steroid dienone is 1. The average Bonchev–Trinajstić information content (AvgIpc) is 2.81.